The SMILES string of the molecule is CCC[C@@H]1CC[C@H]2[C@H](C)[C@H]([C@@H](O)[C@](C)(O)[C@H]3CC[C@@]4(O)C5=CC(=O)[C@@H]6C[C@@H](O)[C@@H](O)C[C@]6(C)[C@H]5CC[C@]34C)O[C@@H]2CC1. The number of fused-ring (bicyclic) bond motifs is 6. The normalized spacial score (nSPS) is 52.7. The monoisotopic (exact) mass is 588 g/mol. The highest BCUT2D eigenvalue weighted by Gasteiger charge is 2.70. The lowest BCUT2D eigenvalue weighted by molar-refractivity contribution is -0.198. The Morgan fingerprint density at radius 1 is 1.05 bits per heavy atom. The largest absolute Gasteiger partial charge is 0.390 e. The summed E-state index contributed by atoms with van der Waals surface area (Å²) in [5.41, 5.74) is -3.27. The molecule has 1 heterocycles. The van der Waals surface area contributed by atoms with Gasteiger partial charge in [0.05, 0.1) is 35.6 Å². The molecular formula is C35H56O7. The summed E-state index contributed by atoms with van der Waals surface area (Å²) < 4.78 is 6.60. The number of carbonyl (C=O) groups excluding carboxylic acids is 1. The summed E-state index contributed by atoms with van der Waals surface area (Å²) in [6.07, 6.45) is 8.37. The van der Waals surface area contributed by atoms with Gasteiger partial charge < -0.3 is 30.3 Å². The van der Waals surface area contributed by atoms with E-state index in [1.165, 1.54) is 25.7 Å². The number of aliphatic hydroxyl groups is 5. The molecule has 238 valence electrons. The van der Waals surface area contributed by atoms with Crippen molar-refractivity contribution in [2.45, 2.75) is 153 Å². The average Bonchev–Trinajstić information content (AvgIpc) is 3.30. The number of ether oxygens (including phenoxy) is 1. The van der Waals surface area contributed by atoms with Gasteiger partial charge in [-0.3, -0.25) is 4.79 Å². The predicted molar refractivity (Wildman–Crippen MR) is 159 cm³/mol. The van der Waals surface area contributed by atoms with Crippen LogP contribution in [0.1, 0.15) is 112 Å². The van der Waals surface area contributed by atoms with Gasteiger partial charge in [0.15, 0.2) is 5.78 Å². The van der Waals surface area contributed by atoms with Crippen molar-refractivity contribution in [3.05, 3.63) is 11.6 Å². The van der Waals surface area contributed by atoms with Gasteiger partial charge in [0.25, 0.3) is 0 Å². The van der Waals surface area contributed by atoms with E-state index < -0.39 is 46.4 Å². The van der Waals surface area contributed by atoms with Crippen molar-refractivity contribution in [1.82, 2.24) is 0 Å². The molecule has 42 heavy (non-hydrogen) atoms. The molecule has 5 aliphatic carbocycles. The van der Waals surface area contributed by atoms with Crippen LogP contribution >= 0.6 is 0 Å². The molecule has 6 rings (SSSR count). The number of hydrogen-bond acceptors (Lipinski definition) is 7. The quantitative estimate of drug-likeness (QED) is 0.324. The Morgan fingerprint density at radius 3 is 2.48 bits per heavy atom. The molecule has 0 aromatic heterocycles. The Kier molecular flexibility index (Phi) is 7.88. The van der Waals surface area contributed by atoms with Gasteiger partial charge in [0.1, 0.15) is 6.10 Å². The first-order chi connectivity index (χ1) is 19.7. The number of rotatable bonds is 5. The second kappa shape index (κ2) is 10.6. The van der Waals surface area contributed by atoms with E-state index >= 15 is 0 Å². The summed E-state index contributed by atoms with van der Waals surface area (Å²) >= 11 is 0. The molecule has 7 heteroatoms. The van der Waals surface area contributed by atoms with Gasteiger partial charge in [0.2, 0.25) is 0 Å². The Labute approximate surface area is 252 Å². The van der Waals surface area contributed by atoms with E-state index in [4.69, 9.17) is 4.74 Å². The van der Waals surface area contributed by atoms with Gasteiger partial charge in [0, 0.05) is 11.3 Å². The van der Waals surface area contributed by atoms with Crippen LogP contribution in [0.3, 0.4) is 0 Å². The lowest BCUT2D eigenvalue weighted by Crippen LogP contribution is -2.63. The average molecular weight is 589 g/mol. The highest BCUT2D eigenvalue weighted by molar-refractivity contribution is 5.95. The number of allylic oxidation sites excluding steroid dienone is 1. The first-order valence-electron chi connectivity index (χ1n) is 17.1. The highest BCUT2D eigenvalue weighted by Crippen LogP contribution is 2.68. The molecule has 15 atom stereocenters. The van der Waals surface area contributed by atoms with Gasteiger partial charge in [-0.05, 0) is 111 Å². The van der Waals surface area contributed by atoms with E-state index in [9.17, 15) is 30.3 Å². The standard InChI is InChI=1S/C35H56O7/c1-6-7-20-8-10-21-19(2)30(42-28(21)11-9-20)31(39)34(5,40)29-13-15-35(41)23-16-25(36)24-17-26(37)27(38)18-32(24,3)22(23)12-14-33(29,35)4/h16,19-22,24,26-31,37-41H,6-15,17-18H2,1-5H3/t19-,20+,21-,22-,24-,26+,27-,28+,29-,30+,31+,32+,33+,34+,35+/m0/s1. The third-order valence-electron chi connectivity index (χ3n) is 14.2. The predicted octanol–water partition coefficient (Wildman–Crippen LogP) is 4.31. The van der Waals surface area contributed by atoms with Crippen molar-refractivity contribution in [2.75, 3.05) is 0 Å². The van der Waals surface area contributed by atoms with Gasteiger partial charge in [-0.1, -0.05) is 47.0 Å². The molecule has 0 radical (unpaired) electrons. The molecular weight excluding hydrogens is 532 g/mol. The Bertz CT molecular complexity index is 1090. The number of ketones is 1. The lowest BCUT2D eigenvalue weighted by Gasteiger charge is -2.60. The zero-order chi connectivity index (χ0) is 30.4. The molecule has 1 saturated heterocycles. The third kappa shape index (κ3) is 4.38. The van der Waals surface area contributed by atoms with E-state index in [-0.39, 0.29) is 42.0 Å². The molecule has 0 spiro atoms. The minimum absolute atomic E-state index is 0.0733. The molecule has 6 aliphatic rings. The van der Waals surface area contributed by atoms with Crippen LogP contribution in [0, 0.1) is 46.3 Å². The summed E-state index contributed by atoms with van der Waals surface area (Å²) in [7, 11) is 0. The summed E-state index contributed by atoms with van der Waals surface area (Å²) in [6.45, 7) is 10.3. The number of aliphatic hydroxyl groups excluding tert-OH is 3. The first kappa shape index (κ1) is 31.2. The van der Waals surface area contributed by atoms with Crippen LogP contribution in [0.5, 0.6) is 0 Å². The fraction of sp³-hybridized carbons (Fsp3) is 0.914. The zero-order valence-corrected chi connectivity index (χ0v) is 26.5. The van der Waals surface area contributed by atoms with Crippen LogP contribution in [-0.2, 0) is 9.53 Å². The topological polar surface area (TPSA) is 127 Å². The van der Waals surface area contributed by atoms with E-state index in [1.54, 1.807) is 13.0 Å². The Balaban J connectivity index is 1.24. The highest BCUT2D eigenvalue weighted by atomic mass is 16.5. The second-order valence-electron chi connectivity index (χ2n) is 16.2. The summed E-state index contributed by atoms with van der Waals surface area (Å²) in [4.78, 5) is 13.5. The third-order valence-corrected chi connectivity index (χ3v) is 14.2. The van der Waals surface area contributed by atoms with Crippen LogP contribution in [0.15, 0.2) is 11.6 Å². The van der Waals surface area contributed by atoms with Crippen molar-refractivity contribution in [3.63, 3.8) is 0 Å². The number of carbonyl (C=O) groups is 1. The molecule has 0 amide bonds. The Morgan fingerprint density at radius 2 is 1.76 bits per heavy atom. The summed E-state index contributed by atoms with van der Waals surface area (Å²) in [6, 6.07) is 0. The maximum atomic E-state index is 13.5. The molecule has 0 unspecified atom stereocenters. The zero-order valence-electron chi connectivity index (χ0n) is 26.5. The fourth-order valence-electron chi connectivity index (χ4n) is 11.6. The maximum absolute atomic E-state index is 13.5. The molecule has 0 bridgehead atoms. The first-order valence-corrected chi connectivity index (χ1v) is 17.1. The Hall–Kier alpha value is -0.830. The van der Waals surface area contributed by atoms with Crippen LogP contribution in [0.4, 0.5) is 0 Å². The smallest absolute Gasteiger partial charge is 0.159 e. The second-order valence-corrected chi connectivity index (χ2v) is 16.2. The molecule has 4 saturated carbocycles. The van der Waals surface area contributed by atoms with E-state index in [2.05, 4.69) is 13.8 Å². The molecule has 5 fully saturated rings. The van der Waals surface area contributed by atoms with Crippen molar-refractivity contribution >= 4 is 5.78 Å². The van der Waals surface area contributed by atoms with E-state index in [0.29, 0.717) is 31.6 Å². The van der Waals surface area contributed by atoms with Gasteiger partial charge in [-0.2, -0.15) is 0 Å². The fourth-order valence-corrected chi connectivity index (χ4v) is 11.6. The van der Waals surface area contributed by atoms with Crippen LogP contribution in [0.2, 0.25) is 0 Å². The van der Waals surface area contributed by atoms with Crippen molar-refractivity contribution in [1.29, 1.82) is 0 Å². The minimum atomic E-state index is -1.48. The van der Waals surface area contributed by atoms with Gasteiger partial charge in [-0.25, -0.2) is 0 Å². The van der Waals surface area contributed by atoms with Gasteiger partial charge in [-0.15, -0.1) is 0 Å². The van der Waals surface area contributed by atoms with Crippen LogP contribution in [-0.4, -0.2) is 73.0 Å². The molecule has 5 N–H and O–H groups in total. The van der Waals surface area contributed by atoms with Crippen LogP contribution in [0.25, 0.3) is 0 Å². The lowest BCUT2D eigenvalue weighted by atomic mass is 9.45. The van der Waals surface area contributed by atoms with Crippen LogP contribution < -0.4 is 0 Å². The molecule has 0 aromatic rings. The summed E-state index contributed by atoms with van der Waals surface area (Å²) in [5, 5.41) is 57.7. The number of hydrogen-bond donors (Lipinski definition) is 5. The molecule has 1 aliphatic heterocycles. The van der Waals surface area contributed by atoms with Gasteiger partial charge >= 0.3 is 0 Å². The minimum Gasteiger partial charge on any atom is -0.390 e. The maximum Gasteiger partial charge on any atom is 0.159 e. The van der Waals surface area contributed by atoms with E-state index in [0.717, 1.165) is 30.8 Å². The van der Waals surface area contributed by atoms with Crippen molar-refractivity contribution in [2.24, 2.45) is 46.3 Å². The van der Waals surface area contributed by atoms with Crippen molar-refractivity contribution in [3.8, 4) is 0 Å². The molecule has 0 aromatic carbocycles. The summed E-state index contributed by atoms with van der Waals surface area (Å²) in [5.74, 6) is 0.405. The van der Waals surface area contributed by atoms with E-state index in [1.807, 2.05) is 13.8 Å². The molecule has 7 nitrogen and oxygen atoms in total. The van der Waals surface area contributed by atoms with Crippen molar-refractivity contribution < 1.29 is 35.1 Å².